The second-order valence-electron chi connectivity index (χ2n) is 7.72. The number of unbranched alkanes of at least 4 members (excludes halogenated alkanes) is 9. The number of imidazole rings is 1. The normalized spacial score (nSPS) is 11.6. The summed E-state index contributed by atoms with van der Waals surface area (Å²) < 4.78 is 5.10. The van der Waals surface area contributed by atoms with Gasteiger partial charge in [0.2, 0.25) is 5.91 Å². The number of carboxylic acid groups (broad SMARTS) is 1. The van der Waals surface area contributed by atoms with E-state index < -0.39 is 24.0 Å². The average Bonchev–Trinajstić information content (AvgIpc) is 3.24. The lowest BCUT2D eigenvalue weighted by molar-refractivity contribution is -0.141. The fourth-order valence-electron chi connectivity index (χ4n) is 3.16. The van der Waals surface area contributed by atoms with Crippen LogP contribution in [0.15, 0.2) is 12.5 Å². The number of rotatable bonds is 18. The molecule has 0 fully saturated rings. The maximum Gasteiger partial charge on any atom is 0.407 e. The van der Waals surface area contributed by atoms with Crippen LogP contribution in [-0.2, 0) is 20.7 Å². The molecule has 1 aromatic heterocycles. The number of aromatic amines is 1. The molecule has 1 aromatic rings. The Morgan fingerprint density at radius 1 is 1.06 bits per heavy atom. The zero-order valence-corrected chi connectivity index (χ0v) is 18.7. The molecule has 2 amide bonds. The molecule has 0 aromatic carbocycles. The second-order valence-corrected chi connectivity index (χ2v) is 7.72. The van der Waals surface area contributed by atoms with Crippen LogP contribution in [0, 0.1) is 0 Å². The number of alkyl carbamates (subject to hydrolysis) is 1. The van der Waals surface area contributed by atoms with Gasteiger partial charge in [0.15, 0.2) is 0 Å². The van der Waals surface area contributed by atoms with E-state index in [0.29, 0.717) is 12.3 Å². The number of carbonyl (C=O) groups excluding carboxylic acids is 2. The Kier molecular flexibility index (Phi) is 14.6. The third-order valence-electron chi connectivity index (χ3n) is 4.95. The number of nitrogens with one attached hydrogen (secondary N) is 3. The number of nitrogens with zero attached hydrogens (tertiary/aromatic N) is 1. The highest BCUT2D eigenvalue weighted by Crippen LogP contribution is 2.10. The summed E-state index contributed by atoms with van der Waals surface area (Å²) in [5.74, 6) is -1.60. The summed E-state index contributed by atoms with van der Waals surface area (Å²) in [6.07, 6.45) is 14.6. The van der Waals surface area contributed by atoms with E-state index in [1.54, 1.807) is 6.20 Å². The Bertz CT molecular complexity index is 621. The minimum absolute atomic E-state index is 0.0301. The second kappa shape index (κ2) is 17.1. The lowest BCUT2D eigenvalue weighted by Crippen LogP contribution is -2.43. The number of hydrogen-bond acceptors (Lipinski definition) is 5. The van der Waals surface area contributed by atoms with E-state index in [0.717, 1.165) is 19.3 Å². The van der Waals surface area contributed by atoms with Gasteiger partial charge in [-0.05, 0) is 6.42 Å². The van der Waals surface area contributed by atoms with Crippen LogP contribution in [0.1, 0.15) is 83.2 Å². The van der Waals surface area contributed by atoms with Crippen molar-refractivity contribution >= 4 is 18.0 Å². The molecule has 0 radical (unpaired) electrons. The van der Waals surface area contributed by atoms with Gasteiger partial charge in [0, 0.05) is 25.6 Å². The van der Waals surface area contributed by atoms with Crippen molar-refractivity contribution in [2.45, 2.75) is 90.0 Å². The minimum Gasteiger partial charge on any atom is -0.480 e. The highest BCUT2D eigenvalue weighted by atomic mass is 16.5. The number of aliphatic carboxylic acids is 1. The van der Waals surface area contributed by atoms with Gasteiger partial charge in [-0.15, -0.1) is 0 Å². The summed E-state index contributed by atoms with van der Waals surface area (Å²) >= 11 is 0. The predicted molar refractivity (Wildman–Crippen MR) is 118 cm³/mol. The summed E-state index contributed by atoms with van der Waals surface area (Å²) in [5.41, 5.74) is 0.543. The largest absolute Gasteiger partial charge is 0.480 e. The molecule has 0 aliphatic heterocycles. The number of ether oxygens (including phenoxy) is 1. The molecule has 9 heteroatoms. The maximum absolute atomic E-state index is 11.9. The van der Waals surface area contributed by atoms with Gasteiger partial charge < -0.3 is 25.5 Å². The van der Waals surface area contributed by atoms with Gasteiger partial charge in [0.1, 0.15) is 6.04 Å². The van der Waals surface area contributed by atoms with Crippen LogP contribution < -0.4 is 10.6 Å². The Morgan fingerprint density at radius 3 is 2.29 bits per heavy atom. The molecule has 31 heavy (non-hydrogen) atoms. The summed E-state index contributed by atoms with van der Waals surface area (Å²) in [4.78, 5) is 41.6. The van der Waals surface area contributed by atoms with Crippen LogP contribution in [0.3, 0.4) is 0 Å². The van der Waals surface area contributed by atoms with Crippen LogP contribution in [0.2, 0.25) is 0 Å². The number of aromatic nitrogens is 2. The molecular weight excluding hydrogens is 400 g/mol. The average molecular weight is 439 g/mol. The van der Waals surface area contributed by atoms with Gasteiger partial charge in [-0.3, -0.25) is 4.79 Å². The molecule has 176 valence electrons. The molecule has 0 aliphatic carbocycles. The number of amides is 2. The highest BCUT2D eigenvalue weighted by molar-refractivity contribution is 5.84. The molecule has 0 saturated carbocycles. The van der Waals surface area contributed by atoms with Crippen molar-refractivity contribution in [2.75, 3.05) is 13.2 Å². The van der Waals surface area contributed by atoms with E-state index in [1.807, 2.05) is 0 Å². The number of carboxylic acids is 1. The summed E-state index contributed by atoms with van der Waals surface area (Å²) in [7, 11) is 0. The predicted octanol–water partition coefficient (Wildman–Crippen LogP) is 3.56. The Balaban J connectivity index is 2.00. The third-order valence-corrected chi connectivity index (χ3v) is 4.95. The molecule has 1 atom stereocenters. The first-order valence-electron chi connectivity index (χ1n) is 11.4. The lowest BCUT2D eigenvalue weighted by atomic mass is 10.1. The van der Waals surface area contributed by atoms with Crippen LogP contribution in [0.5, 0.6) is 0 Å². The van der Waals surface area contributed by atoms with E-state index in [2.05, 4.69) is 27.5 Å². The molecule has 0 saturated heterocycles. The van der Waals surface area contributed by atoms with E-state index in [9.17, 15) is 19.5 Å². The fraction of sp³-hybridized carbons (Fsp3) is 0.727. The molecule has 1 rings (SSSR count). The molecule has 4 N–H and O–H groups in total. The first kappa shape index (κ1) is 26.5. The Morgan fingerprint density at radius 2 is 1.71 bits per heavy atom. The van der Waals surface area contributed by atoms with Crippen molar-refractivity contribution in [1.29, 1.82) is 0 Å². The van der Waals surface area contributed by atoms with Crippen LogP contribution in [0.25, 0.3) is 0 Å². The van der Waals surface area contributed by atoms with Gasteiger partial charge in [-0.2, -0.15) is 0 Å². The standard InChI is InChI=1S/C22H38N4O5/c1-2-3-4-5-6-7-8-9-10-11-14-31-22(30)24-13-12-20(27)26-19(21(28)29)15-18-16-23-17-25-18/h16-17,19H,2-15H2,1H3,(H,23,25)(H,24,30)(H,26,27)(H,28,29)/t19-/m0/s1. The van der Waals surface area contributed by atoms with Crippen molar-refractivity contribution < 1.29 is 24.2 Å². The first-order valence-corrected chi connectivity index (χ1v) is 11.4. The monoisotopic (exact) mass is 438 g/mol. The van der Waals surface area contributed by atoms with Gasteiger partial charge in [-0.1, -0.05) is 64.7 Å². The van der Waals surface area contributed by atoms with E-state index in [-0.39, 0.29) is 19.4 Å². The molecule has 0 spiro atoms. The van der Waals surface area contributed by atoms with Gasteiger partial charge in [0.25, 0.3) is 0 Å². The smallest absolute Gasteiger partial charge is 0.407 e. The topological polar surface area (TPSA) is 133 Å². The molecule has 0 bridgehead atoms. The number of carbonyl (C=O) groups is 3. The van der Waals surface area contributed by atoms with E-state index in [1.165, 1.54) is 51.3 Å². The zero-order chi connectivity index (χ0) is 22.7. The summed E-state index contributed by atoms with van der Waals surface area (Å²) in [5, 5.41) is 14.2. The van der Waals surface area contributed by atoms with Crippen LogP contribution in [0.4, 0.5) is 4.79 Å². The first-order chi connectivity index (χ1) is 15.0. The van der Waals surface area contributed by atoms with Crippen molar-refractivity contribution in [1.82, 2.24) is 20.6 Å². The molecule has 0 unspecified atom stereocenters. The molecule has 9 nitrogen and oxygen atoms in total. The number of H-pyrrole nitrogens is 1. The third kappa shape index (κ3) is 14.1. The fourth-order valence-corrected chi connectivity index (χ4v) is 3.16. The van der Waals surface area contributed by atoms with Crippen molar-refractivity contribution in [3.05, 3.63) is 18.2 Å². The SMILES string of the molecule is CCCCCCCCCCCCOC(=O)NCCC(=O)N[C@@H](Cc1c[nH]cn1)C(=O)O. The molecular formula is C22H38N4O5. The minimum atomic E-state index is -1.14. The molecule has 0 aliphatic rings. The summed E-state index contributed by atoms with van der Waals surface area (Å²) in [6, 6.07) is -1.07. The van der Waals surface area contributed by atoms with Crippen molar-refractivity contribution in [3.8, 4) is 0 Å². The maximum atomic E-state index is 11.9. The van der Waals surface area contributed by atoms with E-state index in [4.69, 9.17) is 4.74 Å². The lowest BCUT2D eigenvalue weighted by Gasteiger charge is -2.13. The van der Waals surface area contributed by atoms with Crippen LogP contribution in [-0.4, -0.2) is 52.2 Å². The Hall–Kier alpha value is -2.58. The number of hydrogen-bond donors (Lipinski definition) is 4. The van der Waals surface area contributed by atoms with E-state index >= 15 is 0 Å². The van der Waals surface area contributed by atoms with Crippen molar-refractivity contribution in [3.63, 3.8) is 0 Å². The zero-order valence-electron chi connectivity index (χ0n) is 18.7. The highest BCUT2D eigenvalue weighted by Gasteiger charge is 2.21. The van der Waals surface area contributed by atoms with Crippen molar-refractivity contribution in [2.24, 2.45) is 0 Å². The van der Waals surface area contributed by atoms with Gasteiger partial charge in [-0.25, -0.2) is 14.6 Å². The quantitative estimate of drug-likeness (QED) is 0.259. The Labute approximate surface area is 184 Å². The van der Waals surface area contributed by atoms with Crippen LogP contribution >= 0.6 is 0 Å². The van der Waals surface area contributed by atoms with Gasteiger partial charge >= 0.3 is 12.1 Å². The summed E-state index contributed by atoms with van der Waals surface area (Å²) in [6.45, 7) is 2.66. The molecule has 1 heterocycles. The van der Waals surface area contributed by atoms with Gasteiger partial charge in [0.05, 0.1) is 18.6 Å².